The Hall–Kier alpha value is -2.27. The van der Waals surface area contributed by atoms with Crippen LogP contribution in [0, 0.1) is 6.92 Å². The van der Waals surface area contributed by atoms with Crippen molar-refractivity contribution in [1.82, 2.24) is 24.5 Å². The van der Waals surface area contributed by atoms with Crippen molar-refractivity contribution in [2.24, 2.45) is 0 Å². The van der Waals surface area contributed by atoms with E-state index in [9.17, 15) is 10.2 Å². The summed E-state index contributed by atoms with van der Waals surface area (Å²) in [6.07, 6.45) is 0.149. The number of imidazole rings is 1. The fraction of sp³-hybridized carbons (Fsp3) is 0.412. The van der Waals surface area contributed by atoms with Gasteiger partial charge in [-0.1, -0.05) is 17.8 Å². The molecule has 0 spiro atoms. The maximum atomic E-state index is 10.0. The number of pyridine rings is 1. The molecule has 3 atom stereocenters. The van der Waals surface area contributed by atoms with Crippen molar-refractivity contribution in [2.45, 2.75) is 42.6 Å². The van der Waals surface area contributed by atoms with E-state index in [0.717, 1.165) is 11.4 Å². The van der Waals surface area contributed by atoms with Gasteiger partial charge in [-0.3, -0.25) is 9.55 Å². The van der Waals surface area contributed by atoms with E-state index in [2.05, 4.69) is 19.9 Å². The van der Waals surface area contributed by atoms with Crippen LogP contribution in [-0.4, -0.2) is 53.5 Å². The minimum Gasteiger partial charge on any atom is -0.394 e. The molecule has 0 bridgehead atoms. The molecule has 1 fully saturated rings. The monoisotopic (exact) mass is 388 g/mol. The molecule has 142 valence electrons. The number of aromatic nitrogens is 5. The van der Waals surface area contributed by atoms with Gasteiger partial charge in [0.15, 0.2) is 5.65 Å². The molecule has 1 aliphatic rings. The lowest BCUT2D eigenvalue weighted by molar-refractivity contribution is -0.0431. The number of hydrogen-bond acceptors (Lipinski definition) is 9. The van der Waals surface area contributed by atoms with E-state index < -0.39 is 18.4 Å². The molecule has 4 rings (SSSR count). The summed E-state index contributed by atoms with van der Waals surface area (Å²) >= 11 is 1.49. The minimum absolute atomic E-state index is 0.146. The highest BCUT2D eigenvalue weighted by Crippen LogP contribution is 2.34. The number of anilines is 1. The van der Waals surface area contributed by atoms with E-state index >= 15 is 0 Å². The summed E-state index contributed by atoms with van der Waals surface area (Å²) in [4.78, 5) is 17.4. The first-order chi connectivity index (χ1) is 13.0. The van der Waals surface area contributed by atoms with Crippen molar-refractivity contribution >= 4 is 28.9 Å². The highest BCUT2D eigenvalue weighted by molar-refractivity contribution is 7.98. The molecule has 1 saturated heterocycles. The highest BCUT2D eigenvalue weighted by atomic mass is 32.2. The number of aryl methyl sites for hydroxylation is 1. The molecule has 4 N–H and O–H groups in total. The van der Waals surface area contributed by atoms with Gasteiger partial charge in [-0.05, 0) is 19.1 Å². The number of hydrogen-bond donors (Lipinski definition) is 3. The SMILES string of the molecule is Cc1cccc(CSc2nc(N)nc3ncn(C4CC(O)C(CO)O4)c23)n1. The van der Waals surface area contributed by atoms with Crippen molar-refractivity contribution in [3.05, 3.63) is 35.9 Å². The van der Waals surface area contributed by atoms with Crippen molar-refractivity contribution < 1.29 is 14.9 Å². The van der Waals surface area contributed by atoms with Gasteiger partial charge in [-0.2, -0.15) is 4.98 Å². The second-order valence-electron chi connectivity index (χ2n) is 6.38. The van der Waals surface area contributed by atoms with Gasteiger partial charge in [-0.15, -0.1) is 0 Å². The molecule has 3 aromatic rings. The van der Waals surface area contributed by atoms with E-state index in [1.54, 1.807) is 10.9 Å². The van der Waals surface area contributed by atoms with Crippen LogP contribution in [0.5, 0.6) is 0 Å². The predicted molar refractivity (Wildman–Crippen MR) is 99.9 cm³/mol. The van der Waals surface area contributed by atoms with Crippen LogP contribution in [0.4, 0.5) is 5.95 Å². The number of thioether (sulfide) groups is 1. The number of fused-ring (bicyclic) bond motifs is 1. The number of aliphatic hydroxyl groups is 2. The summed E-state index contributed by atoms with van der Waals surface area (Å²) in [6.45, 7) is 1.71. The third kappa shape index (κ3) is 3.61. The third-order valence-corrected chi connectivity index (χ3v) is 5.41. The fourth-order valence-electron chi connectivity index (χ4n) is 3.12. The first kappa shape index (κ1) is 18.1. The third-order valence-electron chi connectivity index (χ3n) is 4.41. The topological polar surface area (TPSA) is 132 Å². The number of nitrogen functional groups attached to an aromatic ring is 1. The molecule has 27 heavy (non-hydrogen) atoms. The Kier molecular flexibility index (Phi) is 4.96. The van der Waals surface area contributed by atoms with Gasteiger partial charge in [0.05, 0.1) is 24.7 Å². The lowest BCUT2D eigenvalue weighted by atomic mass is 10.2. The molecule has 4 heterocycles. The highest BCUT2D eigenvalue weighted by Gasteiger charge is 2.35. The summed E-state index contributed by atoms with van der Waals surface area (Å²) in [5.41, 5.74) is 8.89. The van der Waals surface area contributed by atoms with E-state index in [4.69, 9.17) is 10.5 Å². The number of aliphatic hydroxyl groups excluding tert-OH is 2. The summed E-state index contributed by atoms with van der Waals surface area (Å²) in [7, 11) is 0. The average Bonchev–Trinajstić information content (AvgIpc) is 3.22. The van der Waals surface area contributed by atoms with Gasteiger partial charge in [-0.25, -0.2) is 9.97 Å². The van der Waals surface area contributed by atoms with E-state index in [1.807, 2.05) is 25.1 Å². The van der Waals surface area contributed by atoms with Crippen molar-refractivity contribution in [3.63, 3.8) is 0 Å². The maximum absolute atomic E-state index is 10.0. The Morgan fingerprint density at radius 3 is 2.93 bits per heavy atom. The molecule has 1 aliphatic heterocycles. The van der Waals surface area contributed by atoms with Gasteiger partial charge in [0.2, 0.25) is 5.95 Å². The van der Waals surface area contributed by atoms with Gasteiger partial charge < -0.3 is 20.7 Å². The van der Waals surface area contributed by atoms with Gasteiger partial charge in [0.1, 0.15) is 22.9 Å². The number of rotatable bonds is 5. The molecule has 0 amide bonds. The Balaban J connectivity index is 1.66. The quantitative estimate of drug-likeness (QED) is 0.433. The summed E-state index contributed by atoms with van der Waals surface area (Å²) in [5, 5.41) is 20.0. The normalized spacial score (nSPS) is 22.6. The molecule has 10 heteroatoms. The average molecular weight is 388 g/mol. The molecular formula is C17H20N6O3S. The maximum Gasteiger partial charge on any atom is 0.223 e. The van der Waals surface area contributed by atoms with Crippen LogP contribution >= 0.6 is 11.8 Å². The van der Waals surface area contributed by atoms with Crippen LogP contribution in [0.25, 0.3) is 11.2 Å². The van der Waals surface area contributed by atoms with Crippen molar-refractivity contribution in [3.8, 4) is 0 Å². The molecule has 3 aromatic heterocycles. The Bertz CT molecular complexity index is 965. The first-order valence-electron chi connectivity index (χ1n) is 8.55. The van der Waals surface area contributed by atoms with E-state index in [-0.39, 0.29) is 12.6 Å². The molecular weight excluding hydrogens is 368 g/mol. The molecule has 9 nitrogen and oxygen atoms in total. The minimum atomic E-state index is -0.736. The largest absolute Gasteiger partial charge is 0.394 e. The molecule has 0 radical (unpaired) electrons. The van der Waals surface area contributed by atoms with Crippen LogP contribution < -0.4 is 5.73 Å². The summed E-state index contributed by atoms with van der Waals surface area (Å²) < 4.78 is 7.54. The zero-order chi connectivity index (χ0) is 19.0. The zero-order valence-electron chi connectivity index (χ0n) is 14.7. The van der Waals surface area contributed by atoms with Crippen molar-refractivity contribution in [1.29, 1.82) is 0 Å². The fourth-order valence-corrected chi connectivity index (χ4v) is 4.06. The van der Waals surface area contributed by atoms with Crippen LogP contribution in [0.2, 0.25) is 0 Å². The number of ether oxygens (including phenoxy) is 1. The van der Waals surface area contributed by atoms with Crippen molar-refractivity contribution in [2.75, 3.05) is 12.3 Å². The van der Waals surface area contributed by atoms with Crippen LogP contribution in [0.15, 0.2) is 29.6 Å². The Morgan fingerprint density at radius 2 is 2.19 bits per heavy atom. The van der Waals surface area contributed by atoms with Crippen LogP contribution in [0.1, 0.15) is 24.0 Å². The smallest absolute Gasteiger partial charge is 0.223 e. The van der Waals surface area contributed by atoms with Crippen LogP contribution in [-0.2, 0) is 10.5 Å². The predicted octanol–water partition coefficient (Wildman–Crippen LogP) is 1.04. The number of nitrogens with two attached hydrogens (primary N) is 1. The van der Waals surface area contributed by atoms with Gasteiger partial charge in [0.25, 0.3) is 0 Å². The zero-order valence-corrected chi connectivity index (χ0v) is 15.5. The molecule has 0 aliphatic carbocycles. The van der Waals surface area contributed by atoms with Gasteiger partial charge in [0, 0.05) is 17.9 Å². The lowest BCUT2D eigenvalue weighted by Gasteiger charge is -2.15. The Labute approximate surface area is 159 Å². The standard InChI is InChI=1S/C17H20N6O3S/c1-9-3-2-4-10(20-9)7-27-16-14-15(21-17(18)22-16)19-8-23(14)13-5-11(25)12(6-24)26-13/h2-4,8,11-13,24-25H,5-7H2,1H3,(H2,18,21,22). The summed E-state index contributed by atoms with van der Waals surface area (Å²) in [6, 6.07) is 5.88. The Morgan fingerprint density at radius 1 is 1.33 bits per heavy atom. The molecule has 0 aromatic carbocycles. The first-order valence-corrected chi connectivity index (χ1v) is 9.53. The van der Waals surface area contributed by atoms with Gasteiger partial charge >= 0.3 is 0 Å². The second-order valence-corrected chi connectivity index (χ2v) is 7.35. The summed E-state index contributed by atoms with van der Waals surface area (Å²) in [5.74, 6) is 0.763. The lowest BCUT2D eigenvalue weighted by Crippen LogP contribution is -2.24. The number of nitrogens with zero attached hydrogens (tertiary/aromatic N) is 5. The van der Waals surface area contributed by atoms with Crippen LogP contribution in [0.3, 0.4) is 0 Å². The second kappa shape index (κ2) is 7.39. The van der Waals surface area contributed by atoms with E-state index in [1.165, 1.54) is 11.8 Å². The van der Waals surface area contributed by atoms with E-state index in [0.29, 0.717) is 28.4 Å². The molecule has 3 unspecified atom stereocenters. The molecule has 0 saturated carbocycles.